The van der Waals surface area contributed by atoms with E-state index in [4.69, 9.17) is 5.73 Å². The number of hydrogen-bond acceptors (Lipinski definition) is 2. The van der Waals surface area contributed by atoms with E-state index in [-0.39, 0.29) is 11.6 Å². The summed E-state index contributed by atoms with van der Waals surface area (Å²) in [6, 6.07) is 0.221. The first-order valence-corrected chi connectivity index (χ1v) is 7.10. The fourth-order valence-electron chi connectivity index (χ4n) is 3.51. The Bertz CT molecular complexity index is 322. The molecule has 0 radical (unpaired) electrons. The van der Waals surface area contributed by atoms with Gasteiger partial charge in [0, 0.05) is 24.7 Å². The molecule has 2 nitrogen and oxygen atoms in total. The predicted octanol–water partition coefficient (Wildman–Crippen LogP) is 3.29. The summed E-state index contributed by atoms with van der Waals surface area (Å²) in [5.74, 6) is 0.398. The van der Waals surface area contributed by atoms with Crippen LogP contribution in [0.1, 0.15) is 25.7 Å². The lowest BCUT2D eigenvalue weighted by Gasteiger charge is -2.54. The molecule has 0 spiro atoms. The highest BCUT2D eigenvalue weighted by Gasteiger charge is 2.46. The van der Waals surface area contributed by atoms with Gasteiger partial charge in [0.1, 0.15) is 0 Å². The monoisotopic (exact) mass is 260 g/mol. The molecule has 1 rings (SSSR count). The van der Waals surface area contributed by atoms with Crippen molar-refractivity contribution in [3.8, 4) is 0 Å². The predicted molar refractivity (Wildman–Crippen MR) is 85.0 cm³/mol. The Morgan fingerprint density at radius 3 is 2.16 bits per heavy atom. The van der Waals surface area contributed by atoms with Crippen LogP contribution < -0.4 is 5.73 Å². The number of rotatable bonds is 8. The lowest BCUT2D eigenvalue weighted by Crippen LogP contribution is -2.63. The van der Waals surface area contributed by atoms with Crippen LogP contribution in [0.3, 0.4) is 0 Å². The quantitative estimate of drug-likeness (QED) is 0.679. The van der Waals surface area contributed by atoms with Crippen LogP contribution in [0.2, 0.25) is 0 Å². The fourth-order valence-corrected chi connectivity index (χ4v) is 3.51. The SMILES string of the molecule is C=CCC1C(N)CCN(CC=C)C1(CC=C)CC=C. The fraction of sp³-hybridized carbons (Fsp3) is 0.529. The zero-order valence-corrected chi connectivity index (χ0v) is 12.1. The lowest BCUT2D eigenvalue weighted by atomic mass is 9.68. The molecule has 2 unspecified atom stereocenters. The van der Waals surface area contributed by atoms with Crippen LogP contribution in [0.15, 0.2) is 50.6 Å². The molecule has 2 atom stereocenters. The third-order valence-corrected chi connectivity index (χ3v) is 4.33. The molecule has 1 saturated heterocycles. The van der Waals surface area contributed by atoms with Gasteiger partial charge < -0.3 is 5.73 Å². The third kappa shape index (κ3) is 3.26. The minimum absolute atomic E-state index is 0.0174. The molecule has 1 heterocycles. The third-order valence-electron chi connectivity index (χ3n) is 4.33. The molecule has 0 aliphatic carbocycles. The largest absolute Gasteiger partial charge is 0.327 e. The second kappa shape index (κ2) is 7.46. The molecule has 1 aliphatic rings. The molecule has 0 amide bonds. The highest BCUT2D eigenvalue weighted by molar-refractivity contribution is 5.11. The highest BCUT2D eigenvalue weighted by Crippen LogP contribution is 2.41. The Morgan fingerprint density at radius 2 is 1.68 bits per heavy atom. The Labute approximate surface area is 118 Å². The molecular formula is C17H28N2. The molecule has 1 aliphatic heterocycles. The second-order valence-corrected chi connectivity index (χ2v) is 5.41. The number of nitrogens with zero attached hydrogens (tertiary/aromatic N) is 1. The van der Waals surface area contributed by atoms with Crippen LogP contribution in [-0.4, -0.2) is 29.6 Å². The van der Waals surface area contributed by atoms with E-state index in [0.717, 1.165) is 38.8 Å². The molecule has 0 saturated carbocycles. The number of likely N-dealkylation sites (tertiary alicyclic amines) is 1. The maximum atomic E-state index is 6.39. The normalized spacial score (nSPS) is 26.6. The Kier molecular flexibility index (Phi) is 6.26. The van der Waals surface area contributed by atoms with Crippen molar-refractivity contribution in [2.75, 3.05) is 13.1 Å². The zero-order chi connectivity index (χ0) is 14.3. The van der Waals surface area contributed by atoms with Gasteiger partial charge >= 0.3 is 0 Å². The van der Waals surface area contributed by atoms with Crippen molar-refractivity contribution in [1.29, 1.82) is 0 Å². The number of piperidine rings is 1. The van der Waals surface area contributed by atoms with E-state index >= 15 is 0 Å². The summed E-state index contributed by atoms with van der Waals surface area (Å²) in [5.41, 5.74) is 6.41. The molecule has 2 heteroatoms. The van der Waals surface area contributed by atoms with Gasteiger partial charge in [0.2, 0.25) is 0 Å². The summed E-state index contributed by atoms with van der Waals surface area (Å²) in [7, 11) is 0. The summed E-state index contributed by atoms with van der Waals surface area (Å²) in [4.78, 5) is 2.50. The lowest BCUT2D eigenvalue weighted by molar-refractivity contribution is -0.00453. The Hall–Kier alpha value is -1.12. The van der Waals surface area contributed by atoms with Gasteiger partial charge in [-0.25, -0.2) is 0 Å². The summed E-state index contributed by atoms with van der Waals surface area (Å²) < 4.78 is 0. The van der Waals surface area contributed by atoms with E-state index in [9.17, 15) is 0 Å². The zero-order valence-electron chi connectivity index (χ0n) is 12.1. The van der Waals surface area contributed by atoms with Crippen molar-refractivity contribution in [2.24, 2.45) is 11.7 Å². The molecule has 106 valence electrons. The molecule has 0 aromatic heterocycles. The number of nitrogens with two attached hydrogens (primary N) is 1. The van der Waals surface area contributed by atoms with Crippen LogP contribution in [-0.2, 0) is 0 Å². The van der Waals surface area contributed by atoms with Gasteiger partial charge in [0.05, 0.1) is 0 Å². The van der Waals surface area contributed by atoms with Crippen molar-refractivity contribution < 1.29 is 0 Å². The smallest absolute Gasteiger partial charge is 0.0327 e. The average Bonchev–Trinajstić information content (AvgIpc) is 2.39. The summed E-state index contributed by atoms with van der Waals surface area (Å²) in [6.45, 7) is 17.6. The molecule has 1 fully saturated rings. The van der Waals surface area contributed by atoms with Gasteiger partial charge in [-0.2, -0.15) is 0 Å². The first-order valence-electron chi connectivity index (χ1n) is 7.10. The molecule has 0 aromatic carbocycles. The van der Waals surface area contributed by atoms with Crippen molar-refractivity contribution >= 4 is 0 Å². The van der Waals surface area contributed by atoms with Crippen LogP contribution in [0.5, 0.6) is 0 Å². The highest BCUT2D eigenvalue weighted by atomic mass is 15.2. The van der Waals surface area contributed by atoms with Crippen molar-refractivity contribution in [2.45, 2.75) is 37.3 Å². The van der Waals surface area contributed by atoms with Crippen molar-refractivity contribution in [1.82, 2.24) is 4.90 Å². The average molecular weight is 260 g/mol. The van der Waals surface area contributed by atoms with Gasteiger partial charge in [0.15, 0.2) is 0 Å². The summed E-state index contributed by atoms with van der Waals surface area (Å²) in [6.07, 6.45) is 11.8. The molecule has 19 heavy (non-hydrogen) atoms. The molecule has 2 N–H and O–H groups in total. The maximum absolute atomic E-state index is 6.39. The van der Waals surface area contributed by atoms with E-state index in [0.29, 0.717) is 5.92 Å². The van der Waals surface area contributed by atoms with Gasteiger partial charge in [-0.3, -0.25) is 4.90 Å². The van der Waals surface area contributed by atoms with E-state index in [1.165, 1.54) is 0 Å². The topological polar surface area (TPSA) is 29.3 Å². The molecular weight excluding hydrogens is 232 g/mol. The van der Waals surface area contributed by atoms with E-state index < -0.39 is 0 Å². The van der Waals surface area contributed by atoms with Gasteiger partial charge in [-0.1, -0.05) is 24.3 Å². The minimum Gasteiger partial charge on any atom is -0.327 e. The van der Waals surface area contributed by atoms with Gasteiger partial charge in [0.25, 0.3) is 0 Å². The first-order chi connectivity index (χ1) is 9.16. The molecule has 0 aromatic rings. The Morgan fingerprint density at radius 1 is 1.05 bits per heavy atom. The van der Waals surface area contributed by atoms with E-state index in [1.807, 2.05) is 24.3 Å². The number of allylic oxidation sites excluding steroid dienone is 1. The van der Waals surface area contributed by atoms with Crippen LogP contribution in [0.25, 0.3) is 0 Å². The van der Waals surface area contributed by atoms with Gasteiger partial charge in [-0.05, 0) is 31.6 Å². The van der Waals surface area contributed by atoms with E-state index in [1.54, 1.807) is 0 Å². The second-order valence-electron chi connectivity index (χ2n) is 5.41. The Balaban J connectivity index is 3.17. The summed E-state index contributed by atoms with van der Waals surface area (Å²) in [5, 5.41) is 0. The van der Waals surface area contributed by atoms with Crippen LogP contribution in [0, 0.1) is 5.92 Å². The van der Waals surface area contributed by atoms with Crippen LogP contribution in [0.4, 0.5) is 0 Å². The standard InChI is InChI=1S/C17H28N2/c1-5-9-15-16(18)10-14-19(13-8-4)17(15,11-6-2)12-7-3/h5-8,15-16H,1-4,9-14,18H2. The summed E-state index contributed by atoms with van der Waals surface area (Å²) >= 11 is 0. The maximum Gasteiger partial charge on any atom is 0.0327 e. The van der Waals surface area contributed by atoms with Crippen molar-refractivity contribution in [3.63, 3.8) is 0 Å². The number of hydrogen-bond donors (Lipinski definition) is 1. The first kappa shape index (κ1) is 15.9. The van der Waals surface area contributed by atoms with Gasteiger partial charge in [-0.15, -0.1) is 26.3 Å². The molecule has 0 bridgehead atoms. The van der Waals surface area contributed by atoms with Crippen molar-refractivity contribution in [3.05, 3.63) is 50.6 Å². The minimum atomic E-state index is 0.0174. The van der Waals surface area contributed by atoms with E-state index in [2.05, 4.69) is 31.2 Å². The van der Waals surface area contributed by atoms with Crippen LogP contribution >= 0.6 is 0 Å².